The smallest absolute Gasteiger partial charge is 0.252 e. The third-order valence-corrected chi connectivity index (χ3v) is 3.27. The molecule has 0 bridgehead atoms. The first-order chi connectivity index (χ1) is 8.15. The molecule has 0 aromatic carbocycles. The zero-order chi connectivity index (χ0) is 12.7. The van der Waals surface area contributed by atoms with Gasteiger partial charge in [-0.25, -0.2) is 0 Å². The first kappa shape index (κ1) is 14.3. The van der Waals surface area contributed by atoms with Crippen LogP contribution >= 0.6 is 23.2 Å². The second-order valence-corrected chi connectivity index (χ2v) is 4.73. The summed E-state index contributed by atoms with van der Waals surface area (Å²) < 4.78 is 0. The van der Waals surface area contributed by atoms with Gasteiger partial charge in [-0.2, -0.15) is 0 Å². The van der Waals surface area contributed by atoms with E-state index in [-0.39, 0.29) is 5.91 Å². The number of nitrogens with one attached hydrogen (secondary N) is 1. The number of hydrogen-bond acceptors (Lipinski definition) is 2. The van der Waals surface area contributed by atoms with Gasteiger partial charge in [-0.1, -0.05) is 18.5 Å². The van der Waals surface area contributed by atoms with E-state index in [1.165, 1.54) is 6.20 Å². The molecule has 0 spiro atoms. The van der Waals surface area contributed by atoms with Crippen molar-refractivity contribution in [3.8, 4) is 0 Å². The van der Waals surface area contributed by atoms with E-state index < -0.39 is 0 Å². The zero-order valence-corrected chi connectivity index (χ0v) is 11.3. The Bertz CT molecular complexity index is 371. The van der Waals surface area contributed by atoms with Gasteiger partial charge < -0.3 is 5.32 Å². The van der Waals surface area contributed by atoms with Gasteiger partial charge in [0.25, 0.3) is 5.91 Å². The minimum Gasteiger partial charge on any atom is -0.352 e. The van der Waals surface area contributed by atoms with Crippen LogP contribution in [0.3, 0.4) is 0 Å². The number of hydrogen-bond donors (Lipinski definition) is 1. The maximum absolute atomic E-state index is 11.7. The third-order valence-electron chi connectivity index (χ3n) is 2.44. The van der Waals surface area contributed by atoms with Crippen molar-refractivity contribution >= 4 is 29.1 Å². The molecular formula is C12H16Cl2N2O. The van der Waals surface area contributed by atoms with Crippen LogP contribution in [-0.4, -0.2) is 23.3 Å². The van der Waals surface area contributed by atoms with Crippen LogP contribution in [0.1, 0.15) is 30.1 Å². The molecule has 1 heterocycles. The number of carbonyl (C=O) groups excluding carboxylic acids is 1. The molecule has 0 saturated heterocycles. The van der Waals surface area contributed by atoms with Gasteiger partial charge >= 0.3 is 0 Å². The first-order valence-electron chi connectivity index (χ1n) is 5.58. The van der Waals surface area contributed by atoms with Crippen LogP contribution in [0.15, 0.2) is 18.5 Å². The fraction of sp³-hybridized carbons (Fsp3) is 0.500. The van der Waals surface area contributed by atoms with Gasteiger partial charge in [-0.05, 0) is 24.8 Å². The van der Waals surface area contributed by atoms with Crippen molar-refractivity contribution < 1.29 is 4.79 Å². The lowest BCUT2D eigenvalue weighted by Gasteiger charge is -2.08. The SMILES string of the molecule is CC(CCl)CCCNC(=O)c1ccncc1Cl. The van der Waals surface area contributed by atoms with Crippen molar-refractivity contribution in [3.63, 3.8) is 0 Å². The molecule has 5 heteroatoms. The summed E-state index contributed by atoms with van der Waals surface area (Å²) in [6.07, 6.45) is 4.94. The van der Waals surface area contributed by atoms with Crippen LogP contribution in [0.2, 0.25) is 5.02 Å². The summed E-state index contributed by atoms with van der Waals surface area (Å²) >= 11 is 11.6. The topological polar surface area (TPSA) is 42.0 Å². The second kappa shape index (κ2) is 7.51. The molecule has 17 heavy (non-hydrogen) atoms. The lowest BCUT2D eigenvalue weighted by atomic mass is 10.1. The summed E-state index contributed by atoms with van der Waals surface area (Å²) in [5.74, 6) is 0.985. The van der Waals surface area contributed by atoms with E-state index in [0.29, 0.717) is 28.9 Å². The third kappa shape index (κ3) is 4.92. The standard InChI is InChI=1S/C12H16Cl2N2O/c1-9(7-13)3-2-5-16-12(17)10-4-6-15-8-11(10)14/h4,6,8-9H,2-3,5,7H2,1H3,(H,16,17). The molecule has 1 N–H and O–H groups in total. The number of rotatable bonds is 6. The van der Waals surface area contributed by atoms with Gasteiger partial charge in [0.1, 0.15) is 0 Å². The van der Waals surface area contributed by atoms with Gasteiger partial charge in [0, 0.05) is 24.8 Å². The number of aromatic nitrogens is 1. The van der Waals surface area contributed by atoms with Crippen LogP contribution in [0.4, 0.5) is 0 Å². The van der Waals surface area contributed by atoms with Crippen molar-refractivity contribution in [2.24, 2.45) is 5.92 Å². The summed E-state index contributed by atoms with van der Waals surface area (Å²) in [5, 5.41) is 3.20. The quantitative estimate of drug-likeness (QED) is 0.640. The number of amides is 1. The average molecular weight is 275 g/mol. The van der Waals surface area contributed by atoms with E-state index in [2.05, 4.69) is 17.2 Å². The highest BCUT2D eigenvalue weighted by Gasteiger charge is 2.09. The molecule has 94 valence electrons. The molecule has 1 unspecified atom stereocenters. The van der Waals surface area contributed by atoms with Gasteiger partial charge in [0.2, 0.25) is 0 Å². The van der Waals surface area contributed by atoms with Crippen molar-refractivity contribution in [2.45, 2.75) is 19.8 Å². The Kier molecular flexibility index (Phi) is 6.30. The number of halogens is 2. The van der Waals surface area contributed by atoms with Gasteiger partial charge in [-0.15, -0.1) is 11.6 Å². The molecule has 1 aromatic heterocycles. The lowest BCUT2D eigenvalue weighted by molar-refractivity contribution is 0.0952. The molecule has 0 radical (unpaired) electrons. The molecule has 1 aromatic rings. The summed E-state index contributed by atoms with van der Waals surface area (Å²) in [6.45, 7) is 2.73. The molecular weight excluding hydrogens is 259 g/mol. The molecule has 0 aliphatic carbocycles. The highest BCUT2D eigenvalue weighted by molar-refractivity contribution is 6.33. The maximum atomic E-state index is 11.7. The van der Waals surface area contributed by atoms with E-state index in [0.717, 1.165) is 12.8 Å². The van der Waals surface area contributed by atoms with E-state index in [4.69, 9.17) is 23.2 Å². The van der Waals surface area contributed by atoms with E-state index in [9.17, 15) is 4.79 Å². The summed E-state index contributed by atoms with van der Waals surface area (Å²) in [4.78, 5) is 15.6. The Morgan fingerprint density at radius 3 is 3.00 bits per heavy atom. The summed E-state index contributed by atoms with van der Waals surface area (Å²) in [7, 11) is 0. The fourth-order valence-electron chi connectivity index (χ4n) is 1.38. The van der Waals surface area contributed by atoms with Crippen LogP contribution in [-0.2, 0) is 0 Å². The normalized spacial score (nSPS) is 12.2. The lowest BCUT2D eigenvalue weighted by Crippen LogP contribution is -2.25. The van der Waals surface area contributed by atoms with Crippen LogP contribution in [0, 0.1) is 5.92 Å². The predicted octanol–water partition coefficient (Wildman–Crippen LogP) is 3.12. The van der Waals surface area contributed by atoms with Crippen molar-refractivity contribution in [2.75, 3.05) is 12.4 Å². The Labute approximate surface area is 112 Å². The predicted molar refractivity (Wildman–Crippen MR) is 70.7 cm³/mol. The van der Waals surface area contributed by atoms with Crippen LogP contribution in [0.5, 0.6) is 0 Å². The van der Waals surface area contributed by atoms with Crippen LogP contribution < -0.4 is 5.32 Å². The molecule has 0 saturated carbocycles. The average Bonchev–Trinajstić information content (AvgIpc) is 2.34. The highest BCUT2D eigenvalue weighted by Crippen LogP contribution is 2.13. The molecule has 0 aliphatic rings. The Morgan fingerprint density at radius 1 is 1.59 bits per heavy atom. The number of nitrogens with zero attached hydrogens (tertiary/aromatic N) is 1. The maximum Gasteiger partial charge on any atom is 0.252 e. The van der Waals surface area contributed by atoms with E-state index in [1.807, 2.05) is 0 Å². The van der Waals surface area contributed by atoms with Crippen molar-refractivity contribution in [1.29, 1.82) is 0 Å². The number of carbonyl (C=O) groups is 1. The Hall–Kier alpha value is -0.800. The fourth-order valence-corrected chi connectivity index (χ4v) is 1.74. The molecule has 0 fully saturated rings. The summed E-state index contributed by atoms with van der Waals surface area (Å²) in [6, 6.07) is 1.61. The van der Waals surface area contributed by atoms with E-state index in [1.54, 1.807) is 12.3 Å². The Morgan fingerprint density at radius 2 is 2.35 bits per heavy atom. The van der Waals surface area contributed by atoms with Gasteiger partial charge in [0.05, 0.1) is 10.6 Å². The Balaban J connectivity index is 2.33. The largest absolute Gasteiger partial charge is 0.352 e. The molecule has 3 nitrogen and oxygen atoms in total. The molecule has 1 rings (SSSR count). The summed E-state index contributed by atoms with van der Waals surface area (Å²) in [5.41, 5.74) is 0.465. The van der Waals surface area contributed by atoms with E-state index >= 15 is 0 Å². The minimum absolute atomic E-state index is 0.157. The van der Waals surface area contributed by atoms with Crippen LogP contribution in [0.25, 0.3) is 0 Å². The van der Waals surface area contributed by atoms with Gasteiger partial charge in [0.15, 0.2) is 0 Å². The zero-order valence-electron chi connectivity index (χ0n) is 9.75. The molecule has 1 atom stereocenters. The van der Waals surface area contributed by atoms with Crippen molar-refractivity contribution in [1.82, 2.24) is 10.3 Å². The second-order valence-electron chi connectivity index (χ2n) is 4.01. The van der Waals surface area contributed by atoms with Crippen molar-refractivity contribution in [3.05, 3.63) is 29.0 Å². The number of pyridine rings is 1. The molecule has 0 aliphatic heterocycles. The molecule has 1 amide bonds. The first-order valence-corrected chi connectivity index (χ1v) is 6.50. The highest BCUT2D eigenvalue weighted by atomic mass is 35.5. The van der Waals surface area contributed by atoms with Gasteiger partial charge in [-0.3, -0.25) is 9.78 Å². The monoisotopic (exact) mass is 274 g/mol. The minimum atomic E-state index is -0.157. The number of alkyl halides is 1.